The Morgan fingerprint density at radius 1 is 1.09 bits per heavy atom. The van der Waals surface area contributed by atoms with E-state index in [2.05, 4.69) is 10.9 Å². The van der Waals surface area contributed by atoms with Gasteiger partial charge in [-0.05, 0) is 49.5 Å². The first-order chi connectivity index (χ1) is 10.9. The zero-order valence-electron chi connectivity index (χ0n) is 13.2. The van der Waals surface area contributed by atoms with E-state index in [0.717, 1.165) is 63.8 Å². The summed E-state index contributed by atoms with van der Waals surface area (Å²) in [4.78, 5) is 0. The molecule has 0 spiro atoms. The molecule has 1 aliphatic carbocycles. The highest BCUT2D eigenvalue weighted by Crippen LogP contribution is 2.31. The molecule has 1 atom stereocenters. The van der Waals surface area contributed by atoms with Crippen LogP contribution >= 0.6 is 0 Å². The summed E-state index contributed by atoms with van der Waals surface area (Å²) in [6.45, 7) is 5.12. The lowest BCUT2D eigenvalue weighted by atomic mass is 10.0. The highest BCUT2D eigenvalue weighted by atomic mass is 16.5. The van der Waals surface area contributed by atoms with Crippen molar-refractivity contribution >= 4 is 0 Å². The van der Waals surface area contributed by atoms with Crippen LogP contribution in [0.1, 0.15) is 43.0 Å². The Bertz CT molecular complexity index is 492. The summed E-state index contributed by atoms with van der Waals surface area (Å²) < 4.78 is 19.3. The van der Waals surface area contributed by atoms with Gasteiger partial charge in [-0.2, -0.15) is 5.10 Å². The van der Waals surface area contributed by atoms with Gasteiger partial charge in [-0.1, -0.05) is 0 Å². The molecule has 1 unspecified atom stereocenters. The van der Waals surface area contributed by atoms with Gasteiger partial charge in [0.1, 0.15) is 6.10 Å². The molecule has 0 bridgehead atoms. The van der Waals surface area contributed by atoms with E-state index in [1.807, 2.05) is 0 Å². The van der Waals surface area contributed by atoms with E-state index in [0.29, 0.717) is 12.5 Å². The maximum Gasteiger partial charge on any atom is 0.125 e. The molecular formula is C17H26N2O3. The zero-order chi connectivity index (χ0) is 14.8. The van der Waals surface area contributed by atoms with E-state index in [1.54, 1.807) is 0 Å². The molecule has 4 rings (SSSR count). The summed E-state index contributed by atoms with van der Waals surface area (Å²) in [7, 11) is 0. The van der Waals surface area contributed by atoms with Crippen molar-refractivity contribution in [3.05, 3.63) is 17.5 Å². The van der Waals surface area contributed by atoms with Crippen molar-refractivity contribution in [1.29, 1.82) is 0 Å². The van der Waals surface area contributed by atoms with Gasteiger partial charge in [-0.25, -0.2) is 0 Å². The standard InChI is InChI=1S/C17H26N2O3/c1-2-14(1)11-21-12-16-17-15(5-8-22-16)10-19(18-17)9-13-3-6-20-7-4-13/h10,13-14,16H,1-9,11-12H2. The monoisotopic (exact) mass is 306 g/mol. The Hall–Kier alpha value is -0.910. The van der Waals surface area contributed by atoms with E-state index in [9.17, 15) is 0 Å². The molecule has 122 valence electrons. The van der Waals surface area contributed by atoms with E-state index >= 15 is 0 Å². The number of aromatic nitrogens is 2. The Kier molecular flexibility index (Phi) is 4.46. The molecule has 5 heteroatoms. The molecule has 1 saturated heterocycles. The van der Waals surface area contributed by atoms with Crippen LogP contribution < -0.4 is 0 Å². The molecule has 0 N–H and O–H groups in total. The number of ether oxygens (including phenoxy) is 3. The minimum absolute atomic E-state index is 0.0263. The van der Waals surface area contributed by atoms with Gasteiger partial charge in [0.25, 0.3) is 0 Å². The summed E-state index contributed by atoms with van der Waals surface area (Å²) in [5.74, 6) is 1.50. The Balaban J connectivity index is 1.37. The molecule has 2 aliphatic heterocycles. The van der Waals surface area contributed by atoms with Gasteiger partial charge < -0.3 is 14.2 Å². The van der Waals surface area contributed by atoms with E-state index in [4.69, 9.17) is 19.3 Å². The second kappa shape index (κ2) is 6.69. The maximum atomic E-state index is 5.89. The molecule has 0 aromatic carbocycles. The topological polar surface area (TPSA) is 45.5 Å². The quantitative estimate of drug-likeness (QED) is 0.809. The average molecular weight is 306 g/mol. The minimum atomic E-state index is 0.0263. The summed E-state index contributed by atoms with van der Waals surface area (Å²) >= 11 is 0. The lowest BCUT2D eigenvalue weighted by molar-refractivity contribution is -0.0295. The predicted molar refractivity (Wildman–Crippen MR) is 81.7 cm³/mol. The van der Waals surface area contributed by atoms with Gasteiger partial charge >= 0.3 is 0 Å². The van der Waals surface area contributed by atoms with Crippen LogP contribution in [0.2, 0.25) is 0 Å². The smallest absolute Gasteiger partial charge is 0.125 e. The zero-order valence-corrected chi connectivity index (χ0v) is 13.2. The number of rotatable bonds is 6. The van der Waals surface area contributed by atoms with Crippen LogP contribution in [-0.4, -0.2) is 42.8 Å². The minimum Gasteiger partial charge on any atom is -0.381 e. The van der Waals surface area contributed by atoms with Crippen LogP contribution in [0.4, 0.5) is 0 Å². The van der Waals surface area contributed by atoms with Crippen molar-refractivity contribution in [1.82, 2.24) is 9.78 Å². The molecule has 0 amide bonds. The first-order valence-electron chi connectivity index (χ1n) is 8.72. The van der Waals surface area contributed by atoms with Crippen molar-refractivity contribution in [3.63, 3.8) is 0 Å². The first-order valence-corrected chi connectivity index (χ1v) is 8.72. The van der Waals surface area contributed by atoms with Crippen LogP contribution in [0, 0.1) is 11.8 Å². The fourth-order valence-electron chi connectivity index (χ4n) is 3.37. The van der Waals surface area contributed by atoms with E-state index in [-0.39, 0.29) is 6.10 Å². The Morgan fingerprint density at radius 2 is 1.95 bits per heavy atom. The maximum absolute atomic E-state index is 5.89. The third-order valence-corrected chi connectivity index (χ3v) is 4.97. The summed E-state index contributed by atoms with van der Waals surface area (Å²) in [5.41, 5.74) is 2.45. The third kappa shape index (κ3) is 3.53. The van der Waals surface area contributed by atoms with Crippen molar-refractivity contribution in [2.45, 2.75) is 44.8 Å². The predicted octanol–water partition coefficient (Wildman–Crippen LogP) is 2.35. The molecule has 0 radical (unpaired) electrons. The van der Waals surface area contributed by atoms with Gasteiger partial charge in [0.05, 0.1) is 18.9 Å². The average Bonchev–Trinajstić information content (AvgIpc) is 3.27. The molecule has 1 saturated carbocycles. The second-order valence-corrected chi connectivity index (χ2v) is 6.91. The van der Waals surface area contributed by atoms with Crippen molar-refractivity contribution in [2.24, 2.45) is 11.8 Å². The molecule has 3 heterocycles. The molecule has 1 aromatic rings. The fourth-order valence-corrected chi connectivity index (χ4v) is 3.37. The fraction of sp³-hybridized carbons (Fsp3) is 0.824. The second-order valence-electron chi connectivity index (χ2n) is 6.91. The number of fused-ring (bicyclic) bond motifs is 1. The van der Waals surface area contributed by atoms with Crippen molar-refractivity contribution < 1.29 is 14.2 Å². The largest absolute Gasteiger partial charge is 0.381 e. The SMILES string of the molecule is c1c2c(nn1CC1CCOCC1)C(COCC1CC1)OCC2. The summed E-state index contributed by atoms with van der Waals surface area (Å²) in [5, 5.41) is 4.81. The van der Waals surface area contributed by atoms with Crippen LogP contribution in [0.5, 0.6) is 0 Å². The Labute approximate surface area is 131 Å². The van der Waals surface area contributed by atoms with Gasteiger partial charge in [-0.3, -0.25) is 4.68 Å². The number of hydrogen-bond acceptors (Lipinski definition) is 4. The number of nitrogens with zero attached hydrogens (tertiary/aromatic N) is 2. The molecule has 1 aromatic heterocycles. The van der Waals surface area contributed by atoms with E-state index in [1.165, 1.54) is 18.4 Å². The lowest BCUT2D eigenvalue weighted by Gasteiger charge is -2.22. The van der Waals surface area contributed by atoms with Crippen LogP contribution in [0.25, 0.3) is 0 Å². The molecule has 5 nitrogen and oxygen atoms in total. The van der Waals surface area contributed by atoms with Crippen molar-refractivity contribution in [3.8, 4) is 0 Å². The molecule has 22 heavy (non-hydrogen) atoms. The first kappa shape index (κ1) is 14.7. The van der Waals surface area contributed by atoms with Gasteiger partial charge in [0, 0.05) is 32.6 Å². The van der Waals surface area contributed by atoms with Crippen LogP contribution in [0.15, 0.2) is 6.20 Å². The summed E-state index contributed by atoms with van der Waals surface area (Å²) in [6.07, 6.45) is 8.18. The number of hydrogen-bond donors (Lipinski definition) is 0. The lowest BCUT2D eigenvalue weighted by Crippen LogP contribution is -2.22. The van der Waals surface area contributed by atoms with Gasteiger partial charge in [0.15, 0.2) is 0 Å². The molecular weight excluding hydrogens is 280 g/mol. The van der Waals surface area contributed by atoms with Gasteiger partial charge in [-0.15, -0.1) is 0 Å². The van der Waals surface area contributed by atoms with Crippen LogP contribution in [-0.2, 0) is 27.2 Å². The third-order valence-electron chi connectivity index (χ3n) is 4.97. The Morgan fingerprint density at radius 3 is 2.77 bits per heavy atom. The highest BCUT2D eigenvalue weighted by molar-refractivity contribution is 5.22. The summed E-state index contributed by atoms with van der Waals surface area (Å²) in [6, 6.07) is 0. The normalized spacial score (nSPS) is 26.1. The highest BCUT2D eigenvalue weighted by Gasteiger charge is 2.27. The molecule has 3 aliphatic rings. The van der Waals surface area contributed by atoms with Crippen molar-refractivity contribution in [2.75, 3.05) is 33.0 Å². The van der Waals surface area contributed by atoms with Crippen LogP contribution in [0.3, 0.4) is 0 Å². The van der Waals surface area contributed by atoms with Gasteiger partial charge in [0.2, 0.25) is 0 Å². The van der Waals surface area contributed by atoms with E-state index < -0.39 is 0 Å². The molecule has 2 fully saturated rings.